The monoisotopic (exact) mass is 468 g/mol. The molecule has 0 saturated carbocycles. The quantitative estimate of drug-likeness (QED) is 0.701. The van der Waals surface area contributed by atoms with Crippen LogP contribution in [0.15, 0.2) is 42.5 Å². The minimum absolute atomic E-state index is 0.0294. The molecule has 0 aliphatic carbocycles. The molecule has 3 aliphatic rings. The van der Waals surface area contributed by atoms with E-state index in [9.17, 15) is 9.18 Å². The van der Waals surface area contributed by atoms with E-state index in [4.69, 9.17) is 9.47 Å². The number of ether oxygens (including phenoxy) is 2. The van der Waals surface area contributed by atoms with E-state index in [1.54, 1.807) is 7.11 Å². The predicted molar refractivity (Wildman–Crippen MR) is 130 cm³/mol. The van der Waals surface area contributed by atoms with Gasteiger partial charge >= 0.3 is 0 Å². The zero-order chi connectivity index (χ0) is 23.5. The maximum Gasteiger partial charge on any atom is 0.225 e. The van der Waals surface area contributed by atoms with Crippen LogP contribution in [0.25, 0.3) is 0 Å². The Hall–Kier alpha value is -2.84. The summed E-state index contributed by atoms with van der Waals surface area (Å²) < 4.78 is 24.4. The fourth-order valence-corrected chi connectivity index (χ4v) is 5.38. The Labute approximate surface area is 200 Å². The van der Waals surface area contributed by atoms with Crippen molar-refractivity contribution in [2.75, 3.05) is 75.9 Å². The number of nitrogens with one attached hydrogen (secondary N) is 1. The highest BCUT2D eigenvalue weighted by Gasteiger charge is 2.41. The second-order valence-electron chi connectivity index (χ2n) is 9.23. The van der Waals surface area contributed by atoms with Gasteiger partial charge < -0.3 is 24.6 Å². The molecule has 3 aliphatic heterocycles. The molecule has 2 aromatic rings. The van der Waals surface area contributed by atoms with Gasteiger partial charge in [0.25, 0.3) is 0 Å². The summed E-state index contributed by atoms with van der Waals surface area (Å²) in [5.41, 5.74) is 3.32. The molecule has 0 radical (unpaired) electrons. The SMILES string of the molecule is COc1ccc2c(c1)N1CCN(c3ccc(F)cc3)CC1C(C(=O)NCCN1CCOCC1)C2. The van der Waals surface area contributed by atoms with Crippen LogP contribution in [0, 0.1) is 11.7 Å². The molecule has 182 valence electrons. The van der Waals surface area contributed by atoms with E-state index in [1.807, 2.05) is 18.2 Å². The number of anilines is 2. The molecule has 1 N–H and O–H groups in total. The zero-order valence-corrected chi connectivity index (χ0v) is 19.7. The standard InChI is InChI=1S/C26H33FN4O3/c1-33-22-7-2-19-16-23(26(32)28-8-9-29-12-14-34-15-13-29)25-18-30(10-11-31(25)24(19)17-22)21-5-3-20(27)4-6-21/h2-7,17,23,25H,8-16,18H2,1H3,(H,28,32). The number of methoxy groups -OCH3 is 1. The van der Waals surface area contributed by atoms with Crippen molar-refractivity contribution in [2.45, 2.75) is 12.5 Å². The van der Waals surface area contributed by atoms with Gasteiger partial charge in [0.15, 0.2) is 0 Å². The molecule has 7 nitrogen and oxygen atoms in total. The summed E-state index contributed by atoms with van der Waals surface area (Å²) >= 11 is 0. The van der Waals surface area contributed by atoms with Crippen molar-refractivity contribution in [2.24, 2.45) is 5.92 Å². The first-order valence-electron chi connectivity index (χ1n) is 12.1. The lowest BCUT2D eigenvalue weighted by Crippen LogP contribution is -2.61. The van der Waals surface area contributed by atoms with Crippen LogP contribution in [-0.2, 0) is 16.0 Å². The van der Waals surface area contributed by atoms with Crippen molar-refractivity contribution in [1.82, 2.24) is 10.2 Å². The molecule has 2 atom stereocenters. The molecule has 5 rings (SSSR count). The number of carbonyl (C=O) groups excluding carboxylic acids is 1. The van der Waals surface area contributed by atoms with E-state index in [2.05, 4.69) is 32.1 Å². The summed E-state index contributed by atoms with van der Waals surface area (Å²) in [6.45, 7) is 7.13. The molecule has 1 amide bonds. The van der Waals surface area contributed by atoms with Crippen LogP contribution in [0.2, 0.25) is 0 Å². The lowest BCUT2D eigenvalue weighted by Gasteiger charge is -2.49. The Morgan fingerprint density at radius 1 is 1.12 bits per heavy atom. The topological polar surface area (TPSA) is 57.3 Å². The van der Waals surface area contributed by atoms with Gasteiger partial charge in [0.2, 0.25) is 5.91 Å². The first kappa shape index (κ1) is 22.9. The van der Waals surface area contributed by atoms with Gasteiger partial charge in [0.05, 0.1) is 32.3 Å². The van der Waals surface area contributed by atoms with Gasteiger partial charge in [-0.1, -0.05) is 6.07 Å². The molecule has 0 bridgehead atoms. The van der Waals surface area contributed by atoms with Crippen molar-refractivity contribution in [3.63, 3.8) is 0 Å². The third-order valence-corrected chi connectivity index (χ3v) is 7.28. The van der Waals surface area contributed by atoms with Crippen LogP contribution in [0.3, 0.4) is 0 Å². The molecule has 0 spiro atoms. The number of benzene rings is 2. The highest BCUT2D eigenvalue weighted by Crippen LogP contribution is 2.39. The number of amides is 1. The number of fused-ring (bicyclic) bond motifs is 3. The van der Waals surface area contributed by atoms with Gasteiger partial charge in [-0.25, -0.2) is 4.39 Å². The number of halogens is 1. The normalized spacial score (nSPS) is 22.6. The minimum Gasteiger partial charge on any atom is -0.497 e. The van der Waals surface area contributed by atoms with E-state index in [-0.39, 0.29) is 23.7 Å². The van der Waals surface area contributed by atoms with Gasteiger partial charge in [-0.15, -0.1) is 0 Å². The summed E-state index contributed by atoms with van der Waals surface area (Å²) in [5, 5.41) is 3.21. The van der Waals surface area contributed by atoms with Crippen LogP contribution in [0.5, 0.6) is 5.75 Å². The highest BCUT2D eigenvalue weighted by molar-refractivity contribution is 5.82. The summed E-state index contributed by atoms with van der Waals surface area (Å²) in [6, 6.07) is 12.8. The van der Waals surface area contributed by atoms with E-state index < -0.39 is 0 Å². The maximum atomic E-state index is 13.5. The van der Waals surface area contributed by atoms with Crippen LogP contribution >= 0.6 is 0 Å². The number of carbonyl (C=O) groups is 1. The van der Waals surface area contributed by atoms with E-state index in [0.29, 0.717) is 19.5 Å². The largest absolute Gasteiger partial charge is 0.497 e. The fourth-order valence-electron chi connectivity index (χ4n) is 5.38. The van der Waals surface area contributed by atoms with Crippen molar-refractivity contribution >= 4 is 17.3 Å². The lowest BCUT2D eigenvalue weighted by molar-refractivity contribution is -0.125. The number of morpholine rings is 1. The number of nitrogens with zero attached hydrogens (tertiary/aromatic N) is 3. The van der Waals surface area contributed by atoms with E-state index >= 15 is 0 Å². The number of hydrogen-bond acceptors (Lipinski definition) is 6. The molecule has 8 heteroatoms. The maximum absolute atomic E-state index is 13.5. The van der Waals surface area contributed by atoms with Gasteiger partial charge in [-0.2, -0.15) is 0 Å². The predicted octanol–water partition coefficient (Wildman–Crippen LogP) is 2.15. The molecule has 3 heterocycles. The van der Waals surface area contributed by atoms with Gasteiger partial charge in [0.1, 0.15) is 11.6 Å². The molecule has 2 fully saturated rings. The first-order chi connectivity index (χ1) is 16.6. The Kier molecular flexibility index (Phi) is 6.87. The Balaban J connectivity index is 1.34. The van der Waals surface area contributed by atoms with Gasteiger partial charge in [-0.3, -0.25) is 9.69 Å². The third kappa shape index (κ3) is 4.83. The summed E-state index contributed by atoms with van der Waals surface area (Å²) in [5.74, 6) is 0.532. The van der Waals surface area contributed by atoms with E-state index in [1.165, 1.54) is 17.7 Å². The van der Waals surface area contributed by atoms with Crippen molar-refractivity contribution in [3.8, 4) is 5.75 Å². The second kappa shape index (κ2) is 10.2. The average Bonchev–Trinajstić information content (AvgIpc) is 2.88. The Bertz CT molecular complexity index is 996. The summed E-state index contributed by atoms with van der Waals surface area (Å²) in [7, 11) is 1.68. The van der Waals surface area contributed by atoms with Crippen LogP contribution < -0.4 is 19.9 Å². The molecular weight excluding hydrogens is 435 g/mol. The Morgan fingerprint density at radius 2 is 1.91 bits per heavy atom. The van der Waals surface area contributed by atoms with Crippen LogP contribution in [0.4, 0.5) is 15.8 Å². The first-order valence-corrected chi connectivity index (χ1v) is 12.1. The van der Waals surface area contributed by atoms with Crippen molar-refractivity contribution < 1.29 is 18.7 Å². The molecule has 2 unspecified atom stereocenters. The Morgan fingerprint density at radius 3 is 2.68 bits per heavy atom. The molecule has 34 heavy (non-hydrogen) atoms. The fraction of sp³-hybridized carbons (Fsp3) is 0.500. The third-order valence-electron chi connectivity index (χ3n) is 7.28. The molecule has 2 saturated heterocycles. The summed E-state index contributed by atoms with van der Waals surface area (Å²) in [4.78, 5) is 20.4. The zero-order valence-electron chi connectivity index (χ0n) is 19.7. The molecule has 2 aromatic carbocycles. The lowest BCUT2D eigenvalue weighted by atomic mass is 9.83. The molecular formula is C26H33FN4O3. The van der Waals surface area contributed by atoms with Crippen molar-refractivity contribution in [1.29, 1.82) is 0 Å². The average molecular weight is 469 g/mol. The van der Waals surface area contributed by atoms with Crippen LogP contribution in [0.1, 0.15) is 5.56 Å². The minimum atomic E-state index is -0.237. The highest BCUT2D eigenvalue weighted by atomic mass is 19.1. The smallest absolute Gasteiger partial charge is 0.225 e. The van der Waals surface area contributed by atoms with Crippen molar-refractivity contribution in [3.05, 3.63) is 53.8 Å². The van der Waals surface area contributed by atoms with E-state index in [0.717, 1.165) is 63.1 Å². The van der Waals surface area contributed by atoms with Gasteiger partial charge in [0, 0.05) is 63.3 Å². The second-order valence-corrected chi connectivity index (χ2v) is 9.23. The number of piperazine rings is 1. The van der Waals surface area contributed by atoms with Crippen LogP contribution in [-0.4, -0.2) is 83.0 Å². The number of rotatable bonds is 6. The number of hydrogen-bond donors (Lipinski definition) is 1. The summed E-state index contributed by atoms with van der Waals surface area (Å²) in [6.07, 6.45) is 0.696. The molecule has 0 aromatic heterocycles. The van der Waals surface area contributed by atoms with Gasteiger partial charge in [-0.05, 0) is 42.3 Å².